The Morgan fingerprint density at radius 2 is 2.06 bits per heavy atom. The van der Waals surface area contributed by atoms with Crippen molar-refractivity contribution in [3.8, 4) is 5.82 Å². The van der Waals surface area contributed by atoms with Crippen molar-refractivity contribution in [3.63, 3.8) is 0 Å². The van der Waals surface area contributed by atoms with Crippen LogP contribution in [-0.4, -0.2) is 19.6 Å². The van der Waals surface area contributed by atoms with Crippen LogP contribution >= 0.6 is 0 Å². The van der Waals surface area contributed by atoms with Gasteiger partial charge in [-0.1, -0.05) is 6.07 Å². The number of fused-ring (bicyclic) bond motifs is 1. The summed E-state index contributed by atoms with van der Waals surface area (Å²) in [5.74, 6) is 0.887. The summed E-state index contributed by atoms with van der Waals surface area (Å²) in [6, 6.07) is 3.83. The molecule has 0 unspecified atom stereocenters. The predicted octanol–water partition coefficient (Wildman–Crippen LogP) is 1.64. The zero-order chi connectivity index (χ0) is 11.7. The second-order valence-electron chi connectivity index (χ2n) is 4.40. The lowest BCUT2D eigenvalue weighted by molar-refractivity contribution is 0.281. The lowest BCUT2D eigenvalue weighted by atomic mass is 10.0. The maximum absolute atomic E-state index is 8.99. The highest BCUT2D eigenvalue weighted by molar-refractivity contribution is 5.31. The van der Waals surface area contributed by atoms with Gasteiger partial charge in [0.15, 0.2) is 0 Å². The molecule has 0 saturated heterocycles. The summed E-state index contributed by atoms with van der Waals surface area (Å²) in [5, 5.41) is 8.99. The van der Waals surface area contributed by atoms with Crippen LogP contribution in [0, 0.1) is 0 Å². The molecular weight excluding hydrogens is 214 g/mol. The molecule has 1 aliphatic carbocycles. The summed E-state index contributed by atoms with van der Waals surface area (Å²) in [6.45, 7) is 0.0370. The molecule has 3 rings (SSSR count). The molecular formula is C13H15N3O. The monoisotopic (exact) mass is 229 g/mol. The average Bonchev–Trinajstić information content (AvgIpc) is 2.83. The molecule has 0 spiro atoms. The first-order chi connectivity index (χ1) is 8.38. The Balaban J connectivity index is 2.00. The van der Waals surface area contributed by atoms with E-state index in [-0.39, 0.29) is 6.61 Å². The smallest absolute Gasteiger partial charge is 0.138 e. The van der Waals surface area contributed by atoms with Gasteiger partial charge in [0.1, 0.15) is 12.1 Å². The third-order valence-corrected chi connectivity index (χ3v) is 3.27. The van der Waals surface area contributed by atoms with Crippen molar-refractivity contribution in [1.82, 2.24) is 14.5 Å². The molecule has 0 fully saturated rings. The van der Waals surface area contributed by atoms with Crippen LogP contribution < -0.4 is 0 Å². The number of aromatic nitrogens is 3. The molecule has 0 bridgehead atoms. The van der Waals surface area contributed by atoms with Crippen LogP contribution in [0.5, 0.6) is 0 Å². The maximum Gasteiger partial charge on any atom is 0.138 e. The first-order valence-corrected chi connectivity index (χ1v) is 6.00. The second-order valence-corrected chi connectivity index (χ2v) is 4.40. The minimum atomic E-state index is 0.0370. The molecule has 4 heteroatoms. The number of aryl methyl sites for hydroxylation is 1. The van der Waals surface area contributed by atoms with E-state index in [9.17, 15) is 0 Å². The van der Waals surface area contributed by atoms with Gasteiger partial charge in [0.05, 0.1) is 12.3 Å². The van der Waals surface area contributed by atoms with Gasteiger partial charge in [-0.25, -0.2) is 9.97 Å². The van der Waals surface area contributed by atoms with Gasteiger partial charge >= 0.3 is 0 Å². The summed E-state index contributed by atoms with van der Waals surface area (Å²) in [4.78, 5) is 8.81. The Bertz CT molecular complexity index is 516. The average molecular weight is 229 g/mol. The normalized spacial score (nSPS) is 14.6. The number of imidazole rings is 1. The second kappa shape index (κ2) is 4.30. The van der Waals surface area contributed by atoms with E-state index in [1.165, 1.54) is 24.2 Å². The highest BCUT2D eigenvalue weighted by Crippen LogP contribution is 2.22. The minimum Gasteiger partial charge on any atom is -0.392 e. The Morgan fingerprint density at radius 1 is 1.18 bits per heavy atom. The summed E-state index contributed by atoms with van der Waals surface area (Å²) < 4.78 is 2.07. The van der Waals surface area contributed by atoms with Gasteiger partial charge in [-0.3, -0.25) is 4.57 Å². The molecule has 2 heterocycles. The van der Waals surface area contributed by atoms with E-state index in [1.807, 2.05) is 18.5 Å². The van der Waals surface area contributed by atoms with Crippen LogP contribution in [0.4, 0.5) is 0 Å². The topological polar surface area (TPSA) is 50.9 Å². The van der Waals surface area contributed by atoms with Crippen LogP contribution in [0.2, 0.25) is 0 Å². The van der Waals surface area contributed by atoms with E-state index in [4.69, 9.17) is 5.11 Å². The molecule has 1 aliphatic rings. The highest BCUT2D eigenvalue weighted by atomic mass is 16.3. The molecule has 0 saturated carbocycles. The molecule has 0 atom stereocenters. The molecule has 0 radical (unpaired) electrons. The van der Waals surface area contributed by atoms with Crippen molar-refractivity contribution in [2.45, 2.75) is 32.3 Å². The summed E-state index contributed by atoms with van der Waals surface area (Å²) in [6.07, 6.45) is 8.20. The van der Waals surface area contributed by atoms with Crippen LogP contribution in [0.1, 0.15) is 29.8 Å². The molecule has 1 N–H and O–H groups in total. The fourth-order valence-electron chi connectivity index (χ4n) is 2.32. The lowest BCUT2D eigenvalue weighted by Gasteiger charge is -2.13. The van der Waals surface area contributed by atoms with Crippen molar-refractivity contribution < 1.29 is 5.11 Å². The Labute approximate surface area is 100.0 Å². The zero-order valence-corrected chi connectivity index (χ0v) is 9.63. The number of hydrogen-bond donors (Lipinski definition) is 1. The van der Waals surface area contributed by atoms with Crippen molar-refractivity contribution in [2.75, 3.05) is 0 Å². The van der Waals surface area contributed by atoms with Gasteiger partial charge in [-0.15, -0.1) is 0 Å². The van der Waals surface area contributed by atoms with Crippen molar-refractivity contribution in [3.05, 3.63) is 41.6 Å². The Hall–Kier alpha value is -1.68. The summed E-state index contributed by atoms with van der Waals surface area (Å²) in [7, 11) is 0. The number of nitrogens with zero attached hydrogens (tertiary/aromatic N) is 3. The third kappa shape index (κ3) is 1.85. The first-order valence-electron chi connectivity index (χ1n) is 6.00. The van der Waals surface area contributed by atoms with Crippen LogP contribution in [0.15, 0.2) is 24.7 Å². The maximum atomic E-state index is 8.99. The summed E-state index contributed by atoms with van der Waals surface area (Å²) >= 11 is 0. The number of hydrogen-bond acceptors (Lipinski definition) is 3. The van der Waals surface area contributed by atoms with Crippen LogP contribution in [0.3, 0.4) is 0 Å². The fourth-order valence-corrected chi connectivity index (χ4v) is 2.32. The standard InChI is InChI=1S/C13H15N3O/c17-8-10-5-6-13(14-7-10)16-9-15-11-3-1-2-4-12(11)16/h5-7,9,17H,1-4,8H2. The van der Waals surface area contributed by atoms with Gasteiger partial charge in [-0.2, -0.15) is 0 Å². The minimum absolute atomic E-state index is 0.0370. The predicted molar refractivity (Wildman–Crippen MR) is 63.9 cm³/mol. The van der Waals surface area contributed by atoms with Gasteiger partial charge < -0.3 is 5.11 Å². The van der Waals surface area contributed by atoms with Crippen molar-refractivity contribution in [1.29, 1.82) is 0 Å². The van der Waals surface area contributed by atoms with Crippen molar-refractivity contribution >= 4 is 0 Å². The molecule has 88 valence electrons. The Kier molecular flexibility index (Phi) is 2.65. The largest absolute Gasteiger partial charge is 0.392 e. The number of aliphatic hydroxyl groups is 1. The van der Waals surface area contributed by atoms with Gasteiger partial charge in [0.2, 0.25) is 0 Å². The number of rotatable bonds is 2. The molecule has 2 aromatic rings. The van der Waals surface area contributed by atoms with Gasteiger partial charge in [-0.05, 0) is 37.3 Å². The first kappa shape index (κ1) is 10.5. The SMILES string of the molecule is OCc1ccc(-n2cnc3c2CCCC3)nc1. The lowest BCUT2D eigenvalue weighted by Crippen LogP contribution is -2.07. The van der Waals surface area contributed by atoms with Crippen molar-refractivity contribution in [2.24, 2.45) is 0 Å². The van der Waals surface area contributed by atoms with E-state index >= 15 is 0 Å². The molecule has 4 nitrogen and oxygen atoms in total. The molecule has 0 amide bonds. The van der Waals surface area contributed by atoms with E-state index in [2.05, 4.69) is 14.5 Å². The molecule has 0 aliphatic heterocycles. The highest BCUT2D eigenvalue weighted by Gasteiger charge is 2.16. The number of aliphatic hydroxyl groups excluding tert-OH is 1. The summed E-state index contributed by atoms with van der Waals surface area (Å²) in [5.41, 5.74) is 3.34. The third-order valence-electron chi connectivity index (χ3n) is 3.27. The van der Waals surface area contributed by atoms with E-state index in [0.29, 0.717) is 0 Å². The van der Waals surface area contributed by atoms with E-state index < -0.39 is 0 Å². The van der Waals surface area contributed by atoms with Gasteiger partial charge in [0, 0.05) is 11.9 Å². The van der Waals surface area contributed by atoms with Crippen LogP contribution in [0.25, 0.3) is 5.82 Å². The molecule has 0 aromatic carbocycles. The Morgan fingerprint density at radius 3 is 2.82 bits per heavy atom. The fraction of sp³-hybridized carbons (Fsp3) is 0.385. The quantitative estimate of drug-likeness (QED) is 0.851. The van der Waals surface area contributed by atoms with E-state index in [0.717, 1.165) is 24.2 Å². The van der Waals surface area contributed by atoms with Crippen LogP contribution in [-0.2, 0) is 19.4 Å². The molecule has 17 heavy (non-hydrogen) atoms. The molecule has 2 aromatic heterocycles. The number of pyridine rings is 1. The van der Waals surface area contributed by atoms with Gasteiger partial charge in [0.25, 0.3) is 0 Å². The zero-order valence-electron chi connectivity index (χ0n) is 9.63. The van der Waals surface area contributed by atoms with E-state index in [1.54, 1.807) is 6.20 Å².